The zero-order valence-corrected chi connectivity index (χ0v) is 6.99. The van der Waals surface area contributed by atoms with Crippen LogP contribution in [-0.4, -0.2) is 35.5 Å². The summed E-state index contributed by atoms with van der Waals surface area (Å²) in [4.78, 5) is 7.66. The first-order valence-corrected chi connectivity index (χ1v) is 3.92. The van der Waals surface area contributed by atoms with Crippen LogP contribution in [-0.2, 0) is 0 Å². The van der Waals surface area contributed by atoms with E-state index in [2.05, 4.69) is 15.3 Å². The van der Waals surface area contributed by atoms with Gasteiger partial charge in [-0.1, -0.05) is 0 Å². The van der Waals surface area contributed by atoms with Gasteiger partial charge in [0.05, 0.1) is 0 Å². The monoisotopic (exact) mass is 174 g/mol. The number of nitrogens with two attached hydrogens (primary N) is 2. The summed E-state index contributed by atoms with van der Waals surface area (Å²) >= 11 is 0. The molecule has 0 aromatic carbocycles. The summed E-state index contributed by atoms with van der Waals surface area (Å²) in [5.74, 6) is 0.664. The fourth-order valence-corrected chi connectivity index (χ4v) is 1.16. The molecule has 0 saturated carbocycles. The van der Waals surface area contributed by atoms with Crippen molar-refractivity contribution in [2.75, 3.05) is 18.0 Å². The van der Waals surface area contributed by atoms with Crippen LogP contribution in [0.2, 0.25) is 0 Å². The second-order valence-corrected chi connectivity index (χ2v) is 2.94. The van der Waals surface area contributed by atoms with Crippen LogP contribution in [0.5, 0.6) is 0 Å². The Morgan fingerprint density at radius 2 is 2.00 bits per heavy atom. The predicted molar refractivity (Wildman–Crippen MR) is 52.5 cm³/mol. The van der Waals surface area contributed by atoms with Crippen molar-refractivity contribution in [1.82, 2.24) is 15.3 Å². The van der Waals surface area contributed by atoms with Crippen LogP contribution in [0.25, 0.3) is 0 Å². The van der Waals surface area contributed by atoms with Gasteiger partial charge in [-0.3, -0.25) is 0 Å². The molecular formula is C7H9BN5. The Kier molecular flexibility index (Phi) is 1.77. The van der Waals surface area contributed by atoms with Gasteiger partial charge in [0.25, 0.3) is 0 Å². The van der Waals surface area contributed by atoms with Crippen LogP contribution in [0, 0.1) is 0 Å². The first-order chi connectivity index (χ1) is 6.20. The molecule has 1 saturated heterocycles. The van der Waals surface area contributed by atoms with Crippen molar-refractivity contribution in [1.29, 1.82) is 0 Å². The van der Waals surface area contributed by atoms with Crippen LogP contribution in [0.15, 0.2) is 6.33 Å². The number of nitrogens with zero attached hydrogens (tertiary/aromatic N) is 2. The van der Waals surface area contributed by atoms with Crippen LogP contribution in [0.4, 0.5) is 11.6 Å². The Labute approximate surface area is 76.6 Å². The Hall–Kier alpha value is -1.43. The third-order valence-electron chi connectivity index (χ3n) is 1.98. The molecule has 1 aliphatic rings. The number of hydrogen-bond donors (Lipinski definition) is 3. The second-order valence-electron chi connectivity index (χ2n) is 2.94. The molecule has 1 aromatic rings. The van der Waals surface area contributed by atoms with Gasteiger partial charge in [-0.15, -0.1) is 0 Å². The van der Waals surface area contributed by atoms with Gasteiger partial charge in [0.2, 0.25) is 0 Å². The van der Waals surface area contributed by atoms with Gasteiger partial charge < -0.3 is 0 Å². The summed E-state index contributed by atoms with van der Waals surface area (Å²) in [6.45, 7) is 0.861. The summed E-state index contributed by atoms with van der Waals surface area (Å²) in [7, 11) is 5.82. The number of nitrogen functional groups attached to an aromatic ring is 2. The van der Waals surface area contributed by atoms with E-state index in [-0.39, 0.29) is 6.04 Å². The summed E-state index contributed by atoms with van der Waals surface area (Å²) in [6, 6.07) is 0.176. The van der Waals surface area contributed by atoms with Gasteiger partial charge in [-0.2, -0.15) is 0 Å². The van der Waals surface area contributed by atoms with Crippen molar-refractivity contribution in [2.45, 2.75) is 6.04 Å². The van der Waals surface area contributed by atoms with E-state index in [1.54, 1.807) is 0 Å². The van der Waals surface area contributed by atoms with E-state index in [0.717, 1.165) is 6.54 Å². The molecule has 65 valence electrons. The van der Waals surface area contributed by atoms with Crippen LogP contribution >= 0.6 is 0 Å². The Morgan fingerprint density at radius 1 is 1.46 bits per heavy atom. The molecule has 5 nitrogen and oxygen atoms in total. The molecule has 0 bridgehead atoms. The number of rotatable bonds is 2. The Bertz CT molecular complexity index is 340. The number of nitrogens with one attached hydrogen (secondary N) is 1. The van der Waals surface area contributed by atoms with E-state index < -0.39 is 0 Å². The van der Waals surface area contributed by atoms with Crippen molar-refractivity contribution in [3.63, 3.8) is 0 Å². The third kappa shape index (κ3) is 1.40. The number of anilines is 2. The molecule has 1 fully saturated rings. The number of aromatic nitrogens is 2. The van der Waals surface area contributed by atoms with Crippen molar-refractivity contribution >= 4 is 24.6 Å². The maximum atomic E-state index is 5.82. The van der Waals surface area contributed by atoms with E-state index in [9.17, 15) is 0 Å². The molecule has 6 heteroatoms. The van der Waals surface area contributed by atoms with Gasteiger partial charge in [0, 0.05) is 0 Å². The predicted octanol–water partition coefficient (Wildman–Crippen LogP) is -1.70. The van der Waals surface area contributed by atoms with Gasteiger partial charge in [-0.05, 0) is 0 Å². The van der Waals surface area contributed by atoms with Gasteiger partial charge in [0.1, 0.15) is 0 Å². The van der Waals surface area contributed by atoms with Crippen molar-refractivity contribution in [3.8, 4) is 0 Å². The van der Waals surface area contributed by atoms with E-state index in [0.29, 0.717) is 22.7 Å². The average Bonchev–Trinajstić information content (AvgIpc) is 2.85. The van der Waals surface area contributed by atoms with Gasteiger partial charge in [0.15, 0.2) is 0 Å². The average molecular weight is 174 g/mol. The van der Waals surface area contributed by atoms with Crippen molar-refractivity contribution < 1.29 is 0 Å². The van der Waals surface area contributed by atoms with Crippen molar-refractivity contribution in [2.24, 2.45) is 0 Å². The Balaban J connectivity index is 2.42. The molecule has 1 radical (unpaired) electrons. The molecule has 2 rings (SSSR count). The van der Waals surface area contributed by atoms with Crippen LogP contribution in [0.3, 0.4) is 0 Å². The standard InChI is InChI=1S/C7H9BN5/c8-5(3-1-11-3)4-6(9)12-2-13-7(4)10/h2-3,11H,1H2,(H4,9,10,12,13). The summed E-state index contributed by atoms with van der Waals surface area (Å²) < 4.78 is 0. The molecule has 1 aliphatic heterocycles. The quantitative estimate of drug-likeness (QED) is 0.366. The first kappa shape index (κ1) is 8.19. The minimum absolute atomic E-state index is 0.176. The van der Waals surface area contributed by atoms with E-state index >= 15 is 0 Å². The molecule has 0 amide bonds. The molecule has 1 aromatic heterocycles. The summed E-state index contributed by atoms with van der Waals surface area (Å²) in [6.07, 6.45) is 1.32. The molecule has 1 unspecified atom stereocenters. The zero-order valence-electron chi connectivity index (χ0n) is 6.99. The SMILES string of the molecule is [B]=C(c1c(N)ncnc1N)C1CN1. The van der Waals surface area contributed by atoms with Gasteiger partial charge >= 0.3 is 75.8 Å². The first-order valence-electron chi connectivity index (χ1n) is 3.92. The molecule has 13 heavy (non-hydrogen) atoms. The molecule has 0 spiro atoms. The number of hydrogen-bond acceptors (Lipinski definition) is 5. The van der Waals surface area contributed by atoms with E-state index in [1.807, 2.05) is 0 Å². The fourth-order valence-electron chi connectivity index (χ4n) is 1.16. The molecular weight excluding hydrogens is 165 g/mol. The maximum absolute atomic E-state index is 5.82. The molecule has 2 heterocycles. The van der Waals surface area contributed by atoms with Crippen molar-refractivity contribution in [3.05, 3.63) is 11.9 Å². The molecule has 1 atom stereocenters. The molecule has 5 N–H and O–H groups in total. The third-order valence-corrected chi connectivity index (χ3v) is 1.98. The summed E-state index contributed by atoms with van der Waals surface area (Å²) in [5, 5.41) is 3.06. The second kappa shape index (κ2) is 2.81. The Morgan fingerprint density at radius 3 is 2.46 bits per heavy atom. The van der Waals surface area contributed by atoms with Crippen LogP contribution < -0.4 is 16.8 Å². The van der Waals surface area contributed by atoms with Gasteiger partial charge in [-0.25, -0.2) is 0 Å². The van der Waals surface area contributed by atoms with E-state index in [1.165, 1.54) is 6.33 Å². The molecule has 0 aliphatic carbocycles. The fraction of sp³-hybridized carbons (Fsp3) is 0.286. The summed E-state index contributed by atoms with van der Waals surface area (Å²) in [5.41, 5.74) is 12.4. The minimum atomic E-state index is 0.176. The van der Waals surface area contributed by atoms with E-state index in [4.69, 9.17) is 19.0 Å². The normalized spacial score (nSPS) is 19.8. The zero-order chi connectivity index (χ0) is 9.42. The van der Waals surface area contributed by atoms with Crippen LogP contribution in [0.1, 0.15) is 5.56 Å². The topological polar surface area (TPSA) is 99.8 Å².